The molecule has 6 nitrogen and oxygen atoms in total. The lowest BCUT2D eigenvalue weighted by atomic mass is 9.93. The SMILES string of the molecule is CC(c1ccc(NC(=O)c2ccc3c(ccn3C)c2)cc1)c1ccc(NC(=O)c2ccc3c(ccn3C)c2)cc1. The van der Waals surface area contributed by atoms with Gasteiger partial charge in [0.25, 0.3) is 11.8 Å². The number of nitrogens with one attached hydrogen (secondary N) is 2. The number of nitrogens with zero attached hydrogens (tertiary/aromatic N) is 2. The molecule has 2 N–H and O–H groups in total. The zero-order valence-corrected chi connectivity index (χ0v) is 22.7. The first kappa shape index (κ1) is 25.2. The minimum Gasteiger partial charge on any atom is -0.351 e. The van der Waals surface area contributed by atoms with Crippen LogP contribution in [0.3, 0.4) is 0 Å². The van der Waals surface area contributed by atoms with E-state index in [2.05, 4.69) is 17.6 Å². The van der Waals surface area contributed by atoms with E-state index in [9.17, 15) is 9.59 Å². The van der Waals surface area contributed by atoms with Gasteiger partial charge in [0.1, 0.15) is 0 Å². The first-order chi connectivity index (χ1) is 19.4. The van der Waals surface area contributed by atoms with Gasteiger partial charge in [0, 0.05) is 76.7 Å². The van der Waals surface area contributed by atoms with E-state index in [0.717, 1.165) is 44.3 Å². The molecule has 0 fully saturated rings. The third-order valence-corrected chi connectivity index (χ3v) is 7.63. The van der Waals surface area contributed by atoms with Crippen LogP contribution >= 0.6 is 0 Å². The van der Waals surface area contributed by atoms with E-state index in [-0.39, 0.29) is 17.7 Å². The van der Waals surface area contributed by atoms with Gasteiger partial charge in [-0.25, -0.2) is 0 Å². The summed E-state index contributed by atoms with van der Waals surface area (Å²) in [7, 11) is 3.98. The highest BCUT2D eigenvalue weighted by atomic mass is 16.2. The Bertz CT molecular complexity index is 1720. The molecule has 40 heavy (non-hydrogen) atoms. The number of amides is 2. The number of hydrogen-bond acceptors (Lipinski definition) is 2. The van der Waals surface area contributed by atoms with Gasteiger partial charge in [0.2, 0.25) is 0 Å². The van der Waals surface area contributed by atoms with Crippen LogP contribution in [0.5, 0.6) is 0 Å². The number of fused-ring (bicyclic) bond motifs is 2. The molecule has 0 atom stereocenters. The number of benzene rings is 4. The van der Waals surface area contributed by atoms with Crippen LogP contribution in [0.1, 0.15) is 44.7 Å². The molecule has 0 saturated heterocycles. The van der Waals surface area contributed by atoms with Crippen molar-refractivity contribution >= 4 is 45.0 Å². The summed E-state index contributed by atoms with van der Waals surface area (Å²) in [5, 5.41) is 8.08. The summed E-state index contributed by atoms with van der Waals surface area (Å²) in [6, 6.07) is 31.4. The molecule has 0 bridgehead atoms. The topological polar surface area (TPSA) is 68.1 Å². The predicted octanol–water partition coefficient (Wildman–Crippen LogP) is 7.33. The first-order valence-electron chi connectivity index (χ1n) is 13.3. The second kappa shape index (κ2) is 10.2. The number of carbonyl (C=O) groups is 2. The number of rotatable bonds is 6. The highest BCUT2D eigenvalue weighted by Gasteiger charge is 2.13. The standard InChI is InChI=1S/C34H30N4O2/c1-22(23-4-10-29(11-5-23)35-33(39)27-8-14-31-25(20-27)16-18-37(31)2)24-6-12-30(13-7-24)36-34(40)28-9-15-32-26(21-28)17-19-38(32)3/h4-22H,1-3H3,(H,35,39)(H,36,40). The van der Waals surface area contributed by atoms with Crippen LogP contribution in [0.2, 0.25) is 0 Å². The van der Waals surface area contributed by atoms with Crippen molar-refractivity contribution in [2.75, 3.05) is 10.6 Å². The van der Waals surface area contributed by atoms with Crippen molar-refractivity contribution in [3.8, 4) is 0 Å². The predicted molar refractivity (Wildman–Crippen MR) is 162 cm³/mol. The third kappa shape index (κ3) is 4.87. The van der Waals surface area contributed by atoms with Crippen LogP contribution in [0.15, 0.2) is 109 Å². The number of anilines is 2. The van der Waals surface area contributed by atoms with E-state index < -0.39 is 0 Å². The molecule has 4 aromatic carbocycles. The molecule has 6 rings (SSSR count). The van der Waals surface area contributed by atoms with E-state index in [0.29, 0.717) is 11.1 Å². The van der Waals surface area contributed by atoms with Gasteiger partial charge in [0.15, 0.2) is 0 Å². The molecule has 198 valence electrons. The van der Waals surface area contributed by atoms with Crippen LogP contribution in [0, 0.1) is 0 Å². The Morgan fingerprint density at radius 2 is 0.975 bits per heavy atom. The lowest BCUT2D eigenvalue weighted by Gasteiger charge is -2.15. The highest BCUT2D eigenvalue weighted by molar-refractivity contribution is 6.07. The average molecular weight is 527 g/mol. The van der Waals surface area contributed by atoms with Crippen molar-refractivity contribution in [3.63, 3.8) is 0 Å². The van der Waals surface area contributed by atoms with Crippen molar-refractivity contribution in [1.82, 2.24) is 9.13 Å². The molecule has 2 aromatic heterocycles. The maximum Gasteiger partial charge on any atom is 0.255 e. The number of aryl methyl sites for hydroxylation is 2. The Morgan fingerprint density at radius 3 is 1.38 bits per heavy atom. The first-order valence-corrected chi connectivity index (χ1v) is 13.3. The summed E-state index contributed by atoms with van der Waals surface area (Å²) in [6.07, 6.45) is 3.98. The molecule has 0 spiro atoms. The fourth-order valence-corrected chi connectivity index (χ4v) is 5.15. The van der Waals surface area contributed by atoms with Crippen molar-refractivity contribution in [1.29, 1.82) is 0 Å². The molecule has 0 saturated carbocycles. The summed E-state index contributed by atoms with van der Waals surface area (Å²) in [6.45, 7) is 2.14. The van der Waals surface area contributed by atoms with E-state index >= 15 is 0 Å². The normalized spacial score (nSPS) is 11.3. The number of aromatic nitrogens is 2. The Kier molecular flexibility index (Phi) is 6.44. The quantitative estimate of drug-likeness (QED) is 0.239. The molecule has 6 heteroatoms. The molecule has 0 aliphatic heterocycles. The minimum absolute atomic E-state index is 0.132. The second-order valence-electron chi connectivity index (χ2n) is 10.3. The third-order valence-electron chi connectivity index (χ3n) is 7.63. The van der Waals surface area contributed by atoms with E-state index in [1.807, 2.05) is 133 Å². The van der Waals surface area contributed by atoms with Gasteiger partial charge in [-0.15, -0.1) is 0 Å². The Balaban J connectivity index is 1.09. The summed E-state index contributed by atoms with van der Waals surface area (Å²) >= 11 is 0. The maximum absolute atomic E-state index is 12.8. The van der Waals surface area contributed by atoms with Crippen molar-refractivity contribution < 1.29 is 9.59 Å². The largest absolute Gasteiger partial charge is 0.351 e. The lowest BCUT2D eigenvalue weighted by molar-refractivity contribution is 0.101. The van der Waals surface area contributed by atoms with Crippen LogP contribution in [0.25, 0.3) is 21.8 Å². The van der Waals surface area contributed by atoms with E-state index in [1.165, 1.54) is 0 Å². The summed E-state index contributed by atoms with van der Waals surface area (Å²) in [5.74, 6) is -0.115. The number of carbonyl (C=O) groups excluding carboxylic acids is 2. The van der Waals surface area contributed by atoms with E-state index in [1.54, 1.807) is 0 Å². The van der Waals surface area contributed by atoms with Crippen molar-refractivity contribution in [2.45, 2.75) is 12.8 Å². The van der Waals surface area contributed by atoms with E-state index in [4.69, 9.17) is 0 Å². The average Bonchev–Trinajstić information content (AvgIpc) is 3.54. The lowest BCUT2D eigenvalue weighted by Crippen LogP contribution is -2.12. The molecule has 2 heterocycles. The number of hydrogen-bond donors (Lipinski definition) is 2. The minimum atomic E-state index is -0.132. The molecular weight excluding hydrogens is 496 g/mol. The molecule has 0 radical (unpaired) electrons. The van der Waals surface area contributed by atoms with Gasteiger partial charge < -0.3 is 19.8 Å². The van der Waals surface area contributed by atoms with Gasteiger partial charge in [-0.3, -0.25) is 9.59 Å². The molecule has 0 aliphatic carbocycles. The van der Waals surface area contributed by atoms with Gasteiger partial charge in [-0.05, 0) is 83.9 Å². The zero-order chi connectivity index (χ0) is 27.8. The van der Waals surface area contributed by atoms with Gasteiger partial charge in [-0.2, -0.15) is 0 Å². The molecule has 0 aliphatic rings. The van der Waals surface area contributed by atoms with Crippen LogP contribution in [-0.4, -0.2) is 20.9 Å². The molecule has 0 unspecified atom stereocenters. The fourth-order valence-electron chi connectivity index (χ4n) is 5.15. The van der Waals surface area contributed by atoms with Gasteiger partial charge >= 0.3 is 0 Å². The van der Waals surface area contributed by atoms with Gasteiger partial charge in [-0.1, -0.05) is 31.2 Å². The summed E-state index contributed by atoms with van der Waals surface area (Å²) in [5.41, 5.74) is 7.22. The monoisotopic (exact) mass is 526 g/mol. The Hall–Kier alpha value is -5.10. The zero-order valence-electron chi connectivity index (χ0n) is 22.7. The molecular formula is C34H30N4O2. The second-order valence-corrected chi connectivity index (χ2v) is 10.3. The smallest absolute Gasteiger partial charge is 0.255 e. The Morgan fingerprint density at radius 1 is 0.575 bits per heavy atom. The van der Waals surface area contributed by atoms with Crippen LogP contribution in [-0.2, 0) is 14.1 Å². The van der Waals surface area contributed by atoms with Gasteiger partial charge in [0.05, 0.1) is 0 Å². The maximum atomic E-state index is 12.8. The highest BCUT2D eigenvalue weighted by Crippen LogP contribution is 2.27. The Labute approximate surface area is 232 Å². The summed E-state index contributed by atoms with van der Waals surface area (Å²) < 4.78 is 4.07. The fraction of sp³-hybridized carbons (Fsp3) is 0.118. The molecule has 2 amide bonds. The van der Waals surface area contributed by atoms with Crippen LogP contribution in [0.4, 0.5) is 11.4 Å². The molecule has 6 aromatic rings. The van der Waals surface area contributed by atoms with Crippen molar-refractivity contribution in [3.05, 3.63) is 132 Å². The van der Waals surface area contributed by atoms with Crippen LogP contribution < -0.4 is 10.6 Å². The summed E-state index contributed by atoms with van der Waals surface area (Å²) in [4.78, 5) is 25.6. The van der Waals surface area contributed by atoms with Crippen molar-refractivity contribution in [2.24, 2.45) is 14.1 Å².